The summed E-state index contributed by atoms with van der Waals surface area (Å²) in [6.45, 7) is 5.87. The average molecular weight is 465 g/mol. The molecular weight excluding hydrogens is 435 g/mol. The molecule has 2 aromatic carbocycles. The van der Waals surface area contributed by atoms with Crippen molar-refractivity contribution in [3.8, 4) is 5.75 Å². The number of halogens is 1. The Balaban J connectivity index is 2.11. The van der Waals surface area contributed by atoms with Crippen LogP contribution in [0, 0.1) is 5.82 Å². The molecule has 1 heterocycles. The number of carbonyl (C=O) groups is 2. The Kier molecular flexibility index (Phi) is 7.94. The van der Waals surface area contributed by atoms with Gasteiger partial charge in [0.25, 0.3) is 5.91 Å². The summed E-state index contributed by atoms with van der Waals surface area (Å²) < 4.78 is 19.0. The second-order valence-electron chi connectivity index (χ2n) is 8.56. The Morgan fingerprint density at radius 2 is 1.88 bits per heavy atom. The molecular formula is C26H29FN4O3. The number of methoxy groups -OCH3 is 1. The second kappa shape index (κ2) is 10.9. The van der Waals surface area contributed by atoms with Crippen molar-refractivity contribution in [2.75, 3.05) is 7.11 Å². The van der Waals surface area contributed by atoms with Crippen molar-refractivity contribution in [3.63, 3.8) is 0 Å². The van der Waals surface area contributed by atoms with Crippen LogP contribution in [0.5, 0.6) is 5.75 Å². The molecule has 0 aliphatic carbocycles. The molecule has 3 rings (SSSR count). The smallest absolute Gasteiger partial charge is 0.275 e. The molecule has 2 amide bonds. The van der Waals surface area contributed by atoms with Gasteiger partial charge in [-0.3, -0.25) is 14.6 Å². The van der Waals surface area contributed by atoms with Crippen LogP contribution >= 0.6 is 0 Å². The number of rotatable bonds is 9. The highest BCUT2D eigenvalue weighted by molar-refractivity contribution is 5.96. The minimum atomic E-state index is -1.04. The molecule has 0 bridgehead atoms. The number of ether oxygens (including phenoxy) is 1. The van der Waals surface area contributed by atoms with Crippen molar-refractivity contribution in [1.29, 1.82) is 0 Å². The van der Waals surface area contributed by atoms with E-state index in [9.17, 15) is 14.0 Å². The quantitative estimate of drug-likeness (QED) is 0.510. The highest BCUT2D eigenvalue weighted by Gasteiger charge is 2.35. The first-order valence-electron chi connectivity index (χ1n) is 11.0. The van der Waals surface area contributed by atoms with Crippen LogP contribution < -0.4 is 10.1 Å². The standard InChI is InChI=1S/C26H29FN4O3/c1-5-26(2,3)30-24(32)23(19-9-11-20(27)12-10-19)31(25(33)22-16-28-13-14-29-22)17-18-7-6-8-21(15-18)34-4/h6-16,23H,5,17H2,1-4H3,(H,30,32)/t23-/m0/s1. The molecule has 0 fully saturated rings. The maximum absolute atomic E-state index is 13.7. The first-order chi connectivity index (χ1) is 16.2. The van der Waals surface area contributed by atoms with E-state index < -0.39 is 23.3 Å². The number of hydrogen-bond acceptors (Lipinski definition) is 5. The maximum atomic E-state index is 13.7. The molecule has 1 atom stereocenters. The highest BCUT2D eigenvalue weighted by atomic mass is 19.1. The summed E-state index contributed by atoms with van der Waals surface area (Å²) in [6, 6.07) is 11.8. The van der Waals surface area contributed by atoms with Crippen molar-refractivity contribution in [2.45, 2.75) is 45.3 Å². The van der Waals surface area contributed by atoms with Gasteiger partial charge in [0, 0.05) is 24.5 Å². The van der Waals surface area contributed by atoms with E-state index >= 15 is 0 Å². The zero-order chi connectivity index (χ0) is 24.7. The van der Waals surface area contributed by atoms with Crippen LogP contribution in [0.1, 0.15) is 54.8 Å². The molecule has 1 aromatic heterocycles. The lowest BCUT2D eigenvalue weighted by atomic mass is 9.98. The van der Waals surface area contributed by atoms with Gasteiger partial charge in [-0.2, -0.15) is 0 Å². The zero-order valence-corrected chi connectivity index (χ0v) is 19.8. The lowest BCUT2D eigenvalue weighted by Gasteiger charge is -2.34. The summed E-state index contributed by atoms with van der Waals surface area (Å²) in [5.74, 6) is -0.663. The van der Waals surface area contributed by atoms with Crippen LogP contribution in [-0.2, 0) is 11.3 Å². The fourth-order valence-corrected chi connectivity index (χ4v) is 3.41. The minimum Gasteiger partial charge on any atom is -0.497 e. The Labute approximate surface area is 199 Å². The predicted molar refractivity (Wildman–Crippen MR) is 127 cm³/mol. The topological polar surface area (TPSA) is 84.4 Å². The molecule has 7 nitrogen and oxygen atoms in total. The lowest BCUT2D eigenvalue weighted by molar-refractivity contribution is -0.127. The van der Waals surface area contributed by atoms with Gasteiger partial charge in [-0.05, 0) is 55.7 Å². The normalized spacial score (nSPS) is 12.0. The Morgan fingerprint density at radius 1 is 1.15 bits per heavy atom. The third-order valence-corrected chi connectivity index (χ3v) is 5.62. The van der Waals surface area contributed by atoms with Gasteiger partial charge < -0.3 is 15.0 Å². The fourth-order valence-electron chi connectivity index (χ4n) is 3.41. The van der Waals surface area contributed by atoms with Gasteiger partial charge in [0.05, 0.1) is 13.3 Å². The number of nitrogens with one attached hydrogen (secondary N) is 1. The zero-order valence-electron chi connectivity index (χ0n) is 19.8. The van der Waals surface area contributed by atoms with Gasteiger partial charge in [0.15, 0.2) is 0 Å². The van der Waals surface area contributed by atoms with Gasteiger partial charge in [-0.15, -0.1) is 0 Å². The maximum Gasteiger partial charge on any atom is 0.275 e. The molecule has 0 saturated carbocycles. The predicted octanol–water partition coefficient (Wildman–Crippen LogP) is 4.31. The van der Waals surface area contributed by atoms with Crippen LogP contribution in [-0.4, -0.2) is 39.3 Å². The molecule has 0 unspecified atom stereocenters. The van der Waals surface area contributed by atoms with Gasteiger partial charge in [-0.25, -0.2) is 9.37 Å². The van der Waals surface area contributed by atoms with E-state index in [-0.39, 0.29) is 18.1 Å². The monoisotopic (exact) mass is 464 g/mol. The molecule has 0 radical (unpaired) electrons. The van der Waals surface area contributed by atoms with Gasteiger partial charge >= 0.3 is 0 Å². The van der Waals surface area contributed by atoms with Crippen molar-refractivity contribution < 1.29 is 18.7 Å². The Bertz CT molecular complexity index is 1120. The second-order valence-corrected chi connectivity index (χ2v) is 8.56. The number of aromatic nitrogens is 2. The number of nitrogens with zero attached hydrogens (tertiary/aromatic N) is 3. The molecule has 8 heteroatoms. The summed E-state index contributed by atoms with van der Waals surface area (Å²) in [6.07, 6.45) is 4.93. The summed E-state index contributed by atoms with van der Waals surface area (Å²) in [5, 5.41) is 3.03. The minimum absolute atomic E-state index is 0.0919. The van der Waals surface area contributed by atoms with Crippen LogP contribution in [0.2, 0.25) is 0 Å². The average Bonchev–Trinajstić information content (AvgIpc) is 2.84. The van der Waals surface area contributed by atoms with E-state index in [1.807, 2.05) is 32.9 Å². The van der Waals surface area contributed by atoms with Crippen LogP contribution in [0.25, 0.3) is 0 Å². The van der Waals surface area contributed by atoms with E-state index in [1.165, 1.54) is 47.8 Å². The van der Waals surface area contributed by atoms with Crippen molar-refractivity contribution in [1.82, 2.24) is 20.2 Å². The summed E-state index contributed by atoms with van der Waals surface area (Å²) in [5.41, 5.74) is 0.823. The molecule has 0 spiro atoms. The number of benzene rings is 2. The van der Waals surface area contributed by atoms with Gasteiger partial charge in [0.2, 0.25) is 5.91 Å². The van der Waals surface area contributed by atoms with E-state index in [1.54, 1.807) is 19.2 Å². The molecule has 0 saturated heterocycles. The Hall–Kier alpha value is -3.81. The number of hydrogen-bond donors (Lipinski definition) is 1. The lowest BCUT2D eigenvalue weighted by Crippen LogP contribution is -2.50. The number of carbonyl (C=O) groups excluding carboxylic acids is 2. The summed E-state index contributed by atoms with van der Waals surface area (Å²) in [4.78, 5) is 36.9. The van der Waals surface area contributed by atoms with Crippen LogP contribution in [0.3, 0.4) is 0 Å². The molecule has 0 aliphatic rings. The van der Waals surface area contributed by atoms with E-state index in [0.29, 0.717) is 17.7 Å². The van der Waals surface area contributed by atoms with E-state index in [2.05, 4.69) is 15.3 Å². The summed E-state index contributed by atoms with van der Waals surface area (Å²) in [7, 11) is 1.56. The fraction of sp³-hybridized carbons (Fsp3) is 0.308. The molecule has 34 heavy (non-hydrogen) atoms. The highest BCUT2D eigenvalue weighted by Crippen LogP contribution is 2.27. The first kappa shape index (κ1) is 24.8. The Morgan fingerprint density at radius 3 is 2.50 bits per heavy atom. The molecule has 1 N–H and O–H groups in total. The molecule has 0 aliphatic heterocycles. The molecule has 178 valence electrons. The molecule has 3 aromatic rings. The largest absolute Gasteiger partial charge is 0.497 e. The van der Waals surface area contributed by atoms with E-state index in [0.717, 1.165) is 5.56 Å². The van der Waals surface area contributed by atoms with Crippen LogP contribution in [0.15, 0.2) is 67.1 Å². The third-order valence-electron chi connectivity index (χ3n) is 5.62. The summed E-state index contributed by atoms with van der Waals surface area (Å²) >= 11 is 0. The van der Waals surface area contributed by atoms with Crippen molar-refractivity contribution in [2.24, 2.45) is 0 Å². The van der Waals surface area contributed by atoms with Gasteiger partial charge in [-0.1, -0.05) is 31.2 Å². The van der Waals surface area contributed by atoms with Crippen molar-refractivity contribution >= 4 is 11.8 Å². The van der Waals surface area contributed by atoms with Crippen molar-refractivity contribution in [3.05, 3.63) is 89.8 Å². The SMILES string of the molecule is CCC(C)(C)NC(=O)[C@H](c1ccc(F)cc1)N(Cc1cccc(OC)c1)C(=O)c1cnccn1. The third kappa shape index (κ3) is 6.15. The number of amides is 2. The van der Waals surface area contributed by atoms with Gasteiger partial charge in [0.1, 0.15) is 23.3 Å². The van der Waals surface area contributed by atoms with E-state index in [4.69, 9.17) is 4.74 Å². The van der Waals surface area contributed by atoms with Crippen LogP contribution in [0.4, 0.5) is 4.39 Å². The first-order valence-corrected chi connectivity index (χ1v) is 11.0.